The van der Waals surface area contributed by atoms with E-state index in [9.17, 15) is 4.79 Å². The van der Waals surface area contributed by atoms with Gasteiger partial charge in [-0.3, -0.25) is 0 Å². The first-order chi connectivity index (χ1) is 15.0. The second-order valence-corrected chi connectivity index (χ2v) is 8.89. The quantitative estimate of drug-likeness (QED) is 0.350. The van der Waals surface area contributed by atoms with Crippen molar-refractivity contribution in [3.8, 4) is 0 Å². The summed E-state index contributed by atoms with van der Waals surface area (Å²) in [6.45, 7) is 1.90. The van der Waals surface area contributed by atoms with Crippen molar-refractivity contribution in [2.75, 3.05) is 24.0 Å². The number of amides is 1. The fourth-order valence-electron chi connectivity index (χ4n) is 4.07. The Hall–Kier alpha value is -3.51. The number of aromatic nitrogens is 1. The lowest BCUT2D eigenvalue weighted by Crippen LogP contribution is -2.36. The van der Waals surface area contributed by atoms with E-state index in [4.69, 9.17) is 0 Å². The Morgan fingerprint density at radius 2 is 1.71 bits per heavy atom. The van der Waals surface area contributed by atoms with E-state index >= 15 is 0 Å². The van der Waals surface area contributed by atoms with E-state index in [0.717, 1.165) is 43.1 Å². The summed E-state index contributed by atoms with van der Waals surface area (Å²) in [6.07, 6.45) is 1.97. The number of carbonyl (C=O) groups is 1. The number of aryl methyl sites for hydroxylation is 1. The highest BCUT2D eigenvalue weighted by Gasteiger charge is 2.39. The molecule has 4 aromatic rings. The van der Waals surface area contributed by atoms with Gasteiger partial charge in [0.1, 0.15) is 5.52 Å². The molecule has 1 aliphatic rings. The molecule has 1 amide bonds. The van der Waals surface area contributed by atoms with Gasteiger partial charge in [-0.25, -0.2) is 9.36 Å². The lowest BCUT2D eigenvalue weighted by molar-refractivity contribution is -0.627. The van der Waals surface area contributed by atoms with Gasteiger partial charge in [-0.1, -0.05) is 47.6 Å². The molecule has 1 aromatic heterocycles. The molecule has 3 aromatic carbocycles. The number of hydrazone groups is 1. The van der Waals surface area contributed by atoms with Gasteiger partial charge in [-0.15, -0.1) is 0 Å². The van der Waals surface area contributed by atoms with E-state index in [1.165, 1.54) is 5.01 Å². The second kappa shape index (κ2) is 7.32. The van der Waals surface area contributed by atoms with Crippen LogP contribution in [0.25, 0.3) is 27.1 Å². The minimum atomic E-state index is -0.0968. The first-order valence-corrected chi connectivity index (χ1v) is 11.0. The Morgan fingerprint density at radius 3 is 2.45 bits per heavy atom. The van der Waals surface area contributed by atoms with Crippen molar-refractivity contribution in [2.45, 2.75) is 6.92 Å². The molecule has 0 saturated heterocycles. The molecule has 0 atom stereocenters. The molecule has 154 valence electrons. The van der Waals surface area contributed by atoms with Crippen molar-refractivity contribution in [3.63, 3.8) is 0 Å². The Kier molecular flexibility index (Phi) is 4.59. The molecular formula is C25H23N4OS+. The van der Waals surface area contributed by atoms with Gasteiger partial charge in [0.15, 0.2) is 0 Å². The van der Waals surface area contributed by atoms with Crippen LogP contribution in [-0.2, 0) is 11.8 Å². The molecule has 0 unspecified atom stereocenters. The summed E-state index contributed by atoms with van der Waals surface area (Å²) in [4.78, 5) is 15.5. The van der Waals surface area contributed by atoms with Crippen LogP contribution in [0.1, 0.15) is 12.5 Å². The van der Waals surface area contributed by atoms with Crippen molar-refractivity contribution in [3.05, 3.63) is 71.8 Å². The molecule has 2 heterocycles. The van der Waals surface area contributed by atoms with Crippen LogP contribution in [-0.4, -0.2) is 25.7 Å². The van der Waals surface area contributed by atoms with Crippen LogP contribution in [0.15, 0.2) is 71.3 Å². The van der Waals surface area contributed by atoms with Crippen LogP contribution in [0.4, 0.5) is 10.8 Å². The largest absolute Gasteiger partial charge is 0.377 e. The van der Waals surface area contributed by atoms with E-state index in [2.05, 4.69) is 46.4 Å². The van der Waals surface area contributed by atoms with E-state index in [1.54, 1.807) is 11.3 Å². The fourth-order valence-corrected chi connectivity index (χ4v) is 5.17. The molecule has 5 rings (SSSR count). The zero-order valence-electron chi connectivity index (χ0n) is 18.0. The Morgan fingerprint density at radius 1 is 1.00 bits per heavy atom. The summed E-state index contributed by atoms with van der Waals surface area (Å²) in [5.74, 6) is -0.0968. The topological polar surface area (TPSA) is 39.8 Å². The maximum atomic E-state index is 13.4. The number of fused-ring (bicyclic) bond motifs is 2. The van der Waals surface area contributed by atoms with Crippen LogP contribution in [0.5, 0.6) is 0 Å². The number of para-hydroxylation sites is 1. The van der Waals surface area contributed by atoms with Gasteiger partial charge in [0.05, 0.1) is 23.0 Å². The van der Waals surface area contributed by atoms with Crippen LogP contribution >= 0.6 is 11.3 Å². The number of hydrogen-bond donors (Lipinski definition) is 0. The fraction of sp³-hybridized carbons (Fsp3) is 0.160. The van der Waals surface area contributed by atoms with Crippen molar-refractivity contribution in [1.29, 1.82) is 0 Å². The molecule has 31 heavy (non-hydrogen) atoms. The van der Waals surface area contributed by atoms with Crippen LogP contribution < -0.4 is 14.5 Å². The number of thiazole rings is 1. The maximum Gasteiger partial charge on any atom is 0.370 e. The Balaban J connectivity index is 1.60. The molecule has 0 fully saturated rings. The molecule has 0 bridgehead atoms. The Labute approximate surface area is 185 Å². The van der Waals surface area contributed by atoms with E-state index in [0.29, 0.717) is 5.57 Å². The highest BCUT2D eigenvalue weighted by molar-refractivity contribution is 7.21. The normalized spacial score (nSPS) is 15.4. The monoisotopic (exact) mass is 427 g/mol. The number of anilines is 2. The molecule has 5 nitrogen and oxygen atoms in total. The van der Waals surface area contributed by atoms with Crippen LogP contribution in [0.2, 0.25) is 0 Å². The van der Waals surface area contributed by atoms with Gasteiger partial charge in [-0.2, -0.15) is 0 Å². The molecule has 0 N–H and O–H groups in total. The number of carbonyl (C=O) groups excluding carboxylic acids is 1. The zero-order valence-corrected chi connectivity index (χ0v) is 18.8. The van der Waals surface area contributed by atoms with Gasteiger partial charge in [0.2, 0.25) is 0 Å². The summed E-state index contributed by atoms with van der Waals surface area (Å²) in [5, 5.41) is 9.23. The SMILES string of the molecule is CC1=NN(c2sc3ccccc3[n+]2C)C(=O)C1=Cc1ccc(N(C)C)c2ccccc12. The first-order valence-electron chi connectivity index (χ1n) is 10.1. The molecular weight excluding hydrogens is 404 g/mol. The lowest BCUT2D eigenvalue weighted by Gasteiger charge is -2.16. The third-order valence-corrected chi connectivity index (χ3v) is 6.87. The standard InChI is InChI=1S/C25H23N4OS/c1-16-20(15-17-13-14-21(27(2)3)19-10-6-5-9-18(17)19)24(30)29(26-16)25-28(4)22-11-7-8-12-23(22)31-25/h5-15H,1-4H3/q+1. The summed E-state index contributed by atoms with van der Waals surface area (Å²) in [7, 11) is 6.06. The molecule has 0 aliphatic carbocycles. The van der Waals surface area contributed by atoms with Gasteiger partial charge >= 0.3 is 11.0 Å². The summed E-state index contributed by atoms with van der Waals surface area (Å²) in [6, 6.07) is 20.6. The van der Waals surface area contributed by atoms with Gasteiger partial charge in [-0.05, 0) is 58.5 Å². The highest BCUT2D eigenvalue weighted by Crippen LogP contribution is 2.33. The third kappa shape index (κ3) is 3.11. The third-order valence-electron chi connectivity index (χ3n) is 5.67. The highest BCUT2D eigenvalue weighted by atomic mass is 32.1. The summed E-state index contributed by atoms with van der Waals surface area (Å²) in [5.41, 5.74) is 4.61. The summed E-state index contributed by atoms with van der Waals surface area (Å²) < 4.78 is 3.15. The van der Waals surface area contributed by atoms with Crippen molar-refractivity contribution in [1.82, 2.24) is 0 Å². The van der Waals surface area contributed by atoms with Gasteiger partial charge in [0, 0.05) is 25.2 Å². The molecule has 1 aliphatic heterocycles. The molecule has 6 heteroatoms. The smallest absolute Gasteiger partial charge is 0.370 e. The average Bonchev–Trinajstić information content (AvgIpc) is 3.25. The average molecular weight is 428 g/mol. The molecule has 0 spiro atoms. The number of rotatable bonds is 3. The minimum absolute atomic E-state index is 0.0968. The van der Waals surface area contributed by atoms with Gasteiger partial charge in [0.25, 0.3) is 0 Å². The predicted octanol–water partition coefficient (Wildman–Crippen LogP) is 4.75. The maximum absolute atomic E-state index is 13.4. The van der Waals surface area contributed by atoms with Gasteiger partial charge < -0.3 is 4.90 Å². The molecule has 0 saturated carbocycles. The van der Waals surface area contributed by atoms with Crippen molar-refractivity contribution in [2.24, 2.45) is 12.1 Å². The lowest BCUT2D eigenvalue weighted by atomic mass is 9.99. The number of benzene rings is 3. The van der Waals surface area contributed by atoms with E-state index in [-0.39, 0.29) is 5.91 Å². The van der Waals surface area contributed by atoms with Crippen molar-refractivity contribution < 1.29 is 9.36 Å². The van der Waals surface area contributed by atoms with Crippen LogP contribution in [0, 0.1) is 0 Å². The minimum Gasteiger partial charge on any atom is -0.377 e. The number of hydrogen-bond acceptors (Lipinski definition) is 4. The second-order valence-electron chi connectivity index (χ2n) is 7.89. The number of nitrogens with zero attached hydrogens (tertiary/aromatic N) is 4. The summed E-state index contributed by atoms with van der Waals surface area (Å²) >= 11 is 1.57. The first kappa shape index (κ1) is 19.5. The van der Waals surface area contributed by atoms with E-state index in [1.807, 2.05) is 63.0 Å². The van der Waals surface area contributed by atoms with E-state index < -0.39 is 0 Å². The Bertz CT molecular complexity index is 1410. The zero-order chi connectivity index (χ0) is 21.7. The predicted molar refractivity (Wildman–Crippen MR) is 130 cm³/mol. The van der Waals surface area contributed by atoms with Crippen molar-refractivity contribution >= 4 is 60.8 Å². The van der Waals surface area contributed by atoms with Crippen LogP contribution in [0.3, 0.4) is 0 Å². The molecule has 0 radical (unpaired) electrons.